The quantitative estimate of drug-likeness (QED) is 0.815. The summed E-state index contributed by atoms with van der Waals surface area (Å²) in [6.45, 7) is 0. The fraction of sp³-hybridized carbons (Fsp3) is 0.188. The van der Waals surface area contributed by atoms with E-state index in [2.05, 4.69) is 49.3 Å². The van der Waals surface area contributed by atoms with Crippen molar-refractivity contribution < 1.29 is 4.79 Å². The SMILES string of the molecule is O=C(NC1Cc2ccccc2C1)c1ccc(Br)cc1Br. The fourth-order valence-electron chi connectivity index (χ4n) is 2.60. The molecule has 0 fully saturated rings. The third kappa shape index (κ3) is 2.81. The summed E-state index contributed by atoms with van der Waals surface area (Å²) >= 11 is 6.83. The van der Waals surface area contributed by atoms with Crippen molar-refractivity contribution in [3.8, 4) is 0 Å². The van der Waals surface area contributed by atoms with E-state index in [4.69, 9.17) is 0 Å². The van der Waals surface area contributed by atoms with Crippen LogP contribution in [0, 0.1) is 0 Å². The van der Waals surface area contributed by atoms with Crippen LogP contribution in [0.2, 0.25) is 0 Å². The fourth-order valence-corrected chi connectivity index (χ4v) is 3.82. The van der Waals surface area contributed by atoms with Crippen molar-refractivity contribution in [3.63, 3.8) is 0 Å². The minimum atomic E-state index is -0.0258. The van der Waals surface area contributed by atoms with Crippen molar-refractivity contribution >= 4 is 37.8 Å². The smallest absolute Gasteiger partial charge is 0.252 e. The average Bonchev–Trinajstić information content (AvgIpc) is 2.80. The molecule has 0 aliphatic heterocycles. The lowest BCUT2D eigenvalue weighted by Gasteiger charge is -2.13. The van der Waals surface area contributed by atoms with E-state index in [1.54, 1.807) is 0 Å². The molecule has 2 aromatic carbocycles. The van der Waals surface area contributed by atoms with Crippen LogP contribution in [-0.2, 0) is 12.8 Å². The van der Waals surface area contributed by atoms with Crippen LogP contribution in [0.1, 0.15) is 21.5 Å². The summed E-state index contributed by atoms with van der Waals surface area (Å²) in [5, 5.41) is 3.12. The molecular formula is C16H13Br2NO. The highest BCUT2D eigenvalue weighted by molar-refractivity contribution is 9.11. The van der Waals surface area contributed by atoms with Gasteiger partial charge < -0.3 is 5.32 Å². The maximum absolute atomic E-state index is 12.3. The van der Waals surface area contributed by atoms with Gasteiger partial charge in [0.25, 0.3) is 5.91 Å². The summed E-state index contributed by atoms with van der Waals surface area (Å²) in [5.41, 5.74) is 3.35. The van der Waals surface area contributed by atoms with Crippen LogP contribution >= 0.6 is 31.9 Å². The molecule has 1 aliphatic rings. The van der Waals surface area contributed by atoms with E-state index in [0.717, 1.165) is 21.8 Å². The molecule has 0 unspecified atom stereocenters. The van der Waals surface area contributed by atoms with Gasteiger partial charge in [0.1, 0.15) is 0 Å². The molecule has 0 atom stereocenters. The summed E-state index contributed by atoms with van der Waals surface area (Å²) in [6.07, 6.45) is 1.83. The predicted octanol–water partition coefficient (Wildman–Crippen LogP) is 4.11. The number of hydrogen-bond donors (Lipinski definition) is 1. The highest BCUT2D eigenvalue weighted by Crippen LogP contribution is 2.24. The molecule has 0 heterocycles. The third-order valence-corrected chi connectivity index (χ3v) is 4.71. The topological polar surface area (TPSA) is 29.1 Å². The Kier molecular flexibility index (Phi) is 3.94. The first kappa shape index (κ1) is 13.8. The molecule has 0 radical (unpaired) electrons. The lowest BCUT2D eigenvalue weighted by molar-refractivity contribution is 0.0938. The minimum absolute atomic E-state index is 0.0258. The van der Waals surface area contributed by atoms with Crippen molar-refractivity contribution in [1.82, 2.24) is 5.32 Å². The number of fused-ring (bicyclic) bond motifs is 1. The number of nitrogens with one attached hydrogen (secondary N) is 1. The Morgan fingerprint density at radius 1 is 1.05 bits per heavy atom. The van der Waals surface area contributed by atoms with Crippen molar-refractivity contribution in [2.24, 2.45) is 0 Å². The van der Waals surface area contributed by atoms with Crippen LogP contribution in [0.15, 0.2) is 51.4 Å². The lowest BCUT2D eigenvalue weighted by Crippen LogP contribution is -2.35. The molecule has 102 valence electrons. The monoisotopic (exact) mass is 393 g/mol. The number of carbonyl (C=O) groups is 1. The molecule has 20 heavy (non-hydrogen) atoms. The Labute approximate surface area is 134 Å². The second-order valence-electron chi connectivity index (χ2n) is 4.97. The minimum Gasteiger partial charge on any atom is -0.349 e. The maximum Gasteiger partial charge on any atom is 0.252 e. The molecule has 0 saturated heterocycles. The van der Waals surface area contributed by atoms with E-state index in [9.17, 15) is 4.79 Å². The predicted molar refractivity (Wildman–Crippen MR) is 86.9 cm³/mol. The van der Waals surface area contributed by atoms with E-state index < -0.39 is 0 Å². The Hall–Kier alpha value is -1.13. The van der Waals surface area contributed by atoms with Crippen LogP contribution in [0.4, 0.5) is 0 Å². The highest BCUT2D eigenvalue weighted by atomic mass is 79.9. The molecule has 1 aliphatic carbocycles. The second-order valence-corrected chi connectivity index (χ2v) is 6.74. The first-order chi connectivity index (χ1) is 9.63. The lowest BCUT2D eigenvalue weighted by atomic mass is 10.1. The van der Waals surface area contributed by atoms with E-state index >= 15 is 0 Å². The van der Waals surface area contributed by atoms with Crippen LogP contribution in [0.3, 0.4) is 0 Å². The number of rotatable bonds is 2. The van der Waals surface area contributed by atoms with Gasteiger partial charge >= 0.3 is 0 Å². The maximum atomic E-state index is 12.3. The molecule has 0 aromatic heterocycles. The zero-order valence-corrected chi connectivity index (χ0v) is 13.9. The zero-order valence-electron chi connectivity index (χ0n) is 10.7. The number of benzene rings is 2. The zero-order chi connectivity index (χ0) is 14.1. The molecule has 2 nitrogen and oxygen atoms in total. The average molecular weight is 395 g/mol. The van der Waals surface area contributed by atoms with Gasteiger partial charge in [-0.05, 0) is 58.1 Å². The molecule has 3 rings (SSSR count). The van der Waals surface area contributed by atoms with Crippen LogP contribution < -0.4 is 5.32 Å². The summed E-state index contributed by atoms with van der Waals surface area (Å²) in [4.78, 5) is 12.3. The van der Waals surface area contributed by atoms with Crippen molar-refractivity contribution in [2.45, 2.75) is 18.9 Å². The van der Waals surface area contributed by atoms with Crippen LogP contribution in [0.25, 0.3) is 0 Å². The van der Waals surface area contributed by atoms with Gasteiger partial charge in [0.05, 0.1) is 5.56 Å². The highest BCUT2D eigenvalue weighted by Gasteiger charge is 2.23. The molecule has 0 spiro atoms. The van der Waals surface area contributed by atoms with Gasteiger partial charge in [-0.2, -0.15) is 0 Å². The van der Waals surface area contributed by atoms with Crippen molar-refractivity contribution in [3.05, 3.63) is 68.1 Å². The molecule has 1 N–H and O–H groups in total. The van der Waals surface area contributed by atoms with E-state index in [-0.39, 0.29) is 11.9 Å². The van der Waals surface area contributed by atoms with Gasteiger partial charge in [0, 0.05) is 15.0 Å². The van der Waals surface area contributed by atoms with Gasteiger partial charge in [-0.3, -0.25) is 4.79 Å². The van der Waals surface area contributed by atoms with Crippen LogP contribution in [-0.4, -0.2) is 11.9 Å². The Morgan fingerprint density at radius 2 is 1.70 bits per heavy atom. The molecule has 4 heteroatoms. The standard InChI is InChI=1S/C16H13Br2NO/c17-12-5-6-14(15(18)9-12)16(20)19-13-7-10-3-1-2-4-11(10)8-13/h1-6,9,13H,7-8H2,(H,19,20). The van der Waals surface area contributed by atoms with Gasteiger partial charge in [-0.15, -0.1) is 0 Å². The molecule has 0 bridgehead atoms. The van der Waals surface area contributed by atoms with Gasteiger partial charge in [-0.1, -0.05) is 40.2 Å². The summed E-state index contributed by atoms with van der Waals surface area (Å²) in [7, 11) is 0. The Bertz CT molecular complexity index is 644. The summed E-state index contributed by atoms with van der Waals surface area (Å²) in [5.74, 6) is -0.0258. The van der Waals surface area contributed by atoms with E-state index in [1.807, 2.05) is 30.3 Å². The number of carbonyl (C=O) groups excluding carboxylic acids is 1. The van der Waals surface area contributed by atoms with E-state index in [1.165, 1.54) is 11.1 Å². The largest absolute Gasteiger partial charge is 0.349 e. The Balaban J connectivity index is 1.72. The van der Waals surface area contributed by atoms with Gasteiger partial charge in [0.15, 0.2) is 0 Å². The molecule has 0 saturated carbocycles. The Morgan fingerprint density at radius 3 is 2.30 bits per heavy atom. The molecular weight excluding hydrogens is 382 g/mol. The molecule has 1 amide bonds. The van der Waals surface area contributed by atoms with Gasteiger partial charge in [0.2, 0.25) is 0 Å². The molecule has 2 aromatic rings. The number of hydrogen-bond acceptors (Lipinski definition) is 1. The van der Waals surface area contributed by atoms with Crippen LogP contribution in [0.5, 0.6) is 0 Å². The third-order valence-electron chi connectivity index (χ3n) is 3.56. The summed E-state index contributed by atoms with van der Waals surface area (Å²) in [6, 6.07) is 14.2. The normalized spacial score (nSPS) is 14.1. The number of halogens is 2. The van der Waals surface area contributed by atoms with Gasteiger partial charge in [-0.25, -0.2) is 0 Å². The van der Waals surface area contributed by atoms with Crippen molar-refractivity contribution in [2.75, 3.05) is 0 Å². The summed E-state index contributed by atoms with van der Waals surface area (Å²) < 4.78 is 1.76. The number of amides is 1. The first-order valence-electron chi connectivity index (χ1n) is 6.46. The second kappa shape index (κ2) is 5.70. The van der Waals surface area contributed by atoms with E-state index in [0.29, 0.717) is 5.56 Å². The first-order valence-corrected chi connectivity index (χ1v) is 8.05. The van der Waals surface area contributed by atoms with Crippen molar-refractivity contribution in [1.29, 1.82) is 0 Å².